The van der Waals surface area contributed by atoms with Crippen LogP contribution in [-0.4, -0.2) is 52.7 Å². The Bertz CT molecular complexity index is 1000. The first kappa shape index (κ1) is 19.2. The van der Waals surface area contributed by atoms with Crippen molar-refractivity contribution in [3.63, 3.8) is 0 Å². The summed E-state index contributed by atoms with van der Waals surface area (Å²) < 4.78 is 1.48. The largest absolute Gasteiger partial charge is 0.368 e. The maximum Gasteiger partial charge on any atom is 0.247 e. The summed E-state index contributed by atoms with van der Waals surface area (Å²) in [5, 5.41) is 5.37. The van der Waals surface area contributed by atoms with Crippen LogP contribution in [0.2, 0.25) is 0 Å². The Morgan fingerprint density at radius 1 is 0.862 bits per heavy atom. The van der Waals surface area contributed by atoms with E-state index in [2.05, 4.69) is 22.1 Å². The van der Waals surface area contributed by atoms with Gasteiger partial charge in [0.2, 0.25) is 11.8 Å². The summed E-state index contributed by atoms with van der Waals surface area (Å²) in [5.41, 5.74) is 2.88. The lowest BCUT2D eigenvalue weighted by Crippen LogP contribution is -2.48. The Labute approximate surface area is 170 Å². The first-order valence-corrected chi connectivity index (χ1v) is 10.2. The van der Waals surface area contributed by atoms with Gasteiger partial charge in [-0.3, -0.25) is 9.59 Å². The molecule has 1 aliphatic rings. The van der Waals surface area contributed by atoms with Gasteiger partial charge in [-0.25, -0.2) is 0 Å². The fraction of sp³-hybridized carbons (Fsp3) is 0.348. The maximum atomic E-state index is 12.6. The zero-order valence-electron chi connectivity index (χ0n) is 16.8. The van der Waals surface area contributed by atoms with Gasteiger partial charge in [-0.05, 0) is 31.5 Å². The van der Waals surface area contributed by atoms with Crippen LogP contribution in [0.5, 0.6) is 0 Å². The molecule has 1 aliphatic heterocycles. The number of carbonyl (C=O) groups excluding carboxylic acids is 2. The lowest BCUT2D eigenvalue weighted by atomic mass is 10.2. The molecule has 0 saturated carbocycles. The molecule has 6 nitrogen and oxygen atoms in total. The fourth-order valence-electron chi connectivity index (χ4n) is 3.92. The molecule has 29 heavy (non-hydrogen) atoms. The normalized spacial score (nSPS) is 14.4. The van der Waals surface area contributed by atoms with E-state index in [1.807, 2.05) is 54.3 Å². The van der Waals surface area contributed by atoms with Gasteiger partial charge in [-0.15, -0.1) is 0 Å². The van der Waals surface area contributed by atoms with Crippen LogP contribution < -0.4 is 4.90 Å². The number of carbonyl (C=O) groups is 2. The highest BCUT2D eigenvalue weighted by Gasteiger charge is 2.21. The van der Waals surface area contributed by atoms with E-state index in [9.17, 15) is 9.59 Å². The molecule has 0 N–H and O–H groups in total. The SMILES string of the molecule is Cc1nn(C(=O)CCCC(=O)N2CCN(c3ccccc3)CC2)c2ccccc12. The monoisotopic (exact) mass is 390 g/mol. The van der Waals surface area contributed by atoms with E-state index < -0.39 is 0 Å². The fourth-order valence-corrected chi connectivity index (χ4v) is 3.92. The molecule has 1 saturated heterocycles. The van der Waals surface area contributed by atoms with E-state index in [0.717, 1.165) is 42.8 Å². The smallest absolute Gasteiger partial charge is 0.247 e. The Balaban J connectivity index is 1.26. The molecule has 0 unspecified atom stereocenters. The molecule has 1 aromatic heterocycles. The molecular formula is C23H26N4O2. The number of aromatic nitrogens is 2. The van der Waals surface area contributed by atoms with E-state index in [4.69, 9.17) is 0 Å². The van der Waals surface area contributed by atoms with Gasteiger partial charge >= 0.3 is 0 Å². The second-order valence-electron chi connectivity index (χ2n) is 7.47. The van der Waals surface area contributed by atoms with E-state index in [1.54, 1.807) is 0 Å². The van der Waals surface area contributed by atoms with Gasteiger partial charge in [0.25, 0.3) is 0 Å². The molecule has 150 valence electrons. The number of amides is 1. The summed E-state index contributed by atoms with van der Waals surface area (Å²) in [4.78, 5) is 29.4. The highest BCUT2D eigenvalue weighted by atomic mass is 16.2. The average molecular weight is 390 g/mol. The molecular weight excluding hydrogens is 364 g/mol. The van der Waals surface area contributed by atoms with Gasteiger partial charge in [-0.2, -0.15) is 9.78 Å². The van der Waals surface area contributed by atoms with Crippen molar-refractivity contribution in [2.45, 2.75) is 26.2 Å². The van der Waals surface area contributed by atoms with Crippen molar-refractivity contribution in [2.24, 2.45) is 0 Å². The zero-order valence-corrected chi connectivity index (χ0v) is 16.8. The summed E-state index contributed by atoms with van der Waals surface area (Å²) in [6, 6.07) is 18.0. The van der Waals surface area contributed by atoms with Gasteiger partial charge in [0.05, 0.1) is 11.2 Å². The Kier molecular flexibility index (Phi) is 5.60. The molecule has 2 heterocycles. The molecule has 0 bridgehead atoms. The number of hydrogen-bond donors (Lipinski definition) is 0. The predicted molar refractivity (Wildman–Crippen MR) is 114 cm³/mol. The molecule has 0 aliphatic carbocycles. The number of aryl methyl sites for hydroxylation is 1. The van der Waals surface area contributed by atoms with Crippen molar-refractivity contribution in [2.75, 3.05) is 31.1 Å². The van der Waals surface area contributed by atoms with Crippen LogP contribution in [0, 0.1) is 6.92 Å². The third-order valence-corrected chi connectivity index (χ3v) is 5.54. The molecule has 0 atom stereocenters. The quantitative estimate of drug-likeness (QED) is 0.669. The molecule has 2 aromatic carbocycles. The van der Waals surface area contributed by atoms with E-state index in [0.29, 0.717) is 19.3 Å². The standard InChI is InChI=1S/C23H26N4O2/c1-18-20-10-5-6-11-21(20)27(24-18)23(29)13-7-12-22(28)26-16-14-25(15-17-26)19-8-3-2-4-9-19/h2-6,8-11H,7,12-17H2,1H3. The number of fused-ring (bicyclic) bond motifs is 1. The summed E-state index contributed by atoms with van der Waals surface area (Å²) in [5.74, 6) is 0.0722. The average Bonchev–Trinajstić information content (AvgIpc) is 3.11. The number of piperazine rings is 1. The molecule has 0 radical (unpaired) electrons. The van der Waals surface area contributed by atoms with Crippen molar-refractivity contribution in [3.05, 3.63) is 60.3 Å². The van der Waals surface area contributed by atoms with E-state index in [-0.39, 0.29) is 11.8 Å². The third-order valence-electron chi connectivity index (χ3n) is 5.54. The van der Waals surface area contributed by atoms with Crippen LogP contribution >= 0.6 is 0 Å². The molecule has 4 rings (SSSR count). The summed E-state index contributed by atoms with van der Waals surface area (Å²) in [7, 11) is 0. The predicted octanol–water partition coefficient (Wildman–Crippen LogP) is 3.50. The van der Waals surface area contributed by atoms with Crippen LogP contribution in [0.15, 0.2) is 54.6 Å². The highest BCUT2D eigenvalue weighted by Crippen LogP contribution is 2.19. The minimum Gasteiger partial charge on any atom is -0.368 e. The van der Waals surface area contributed by atoms with Crippen molar-refractivity contribution in [1.29, 1.82) is 0 Å². The van der Waals surface area contributed by atoms with E-state index in [1.165, 1.54) is 10.4 Å². The second kappa shape index (κ2) is 8.47. The highest BCUT2D eigenvalue weighted by molar-refractivity contribution is 5.92. The minimum atomic E-state index is -0.0593. The van der Waals surface area contributed by atoms with Crippen LogP contribution in [-0.2, 0) is 4.79 Å². The Hall–Kier alpha value is -3.15. The third kappa shape index (κ3) is 4.16. The molecule has 6 heteroatoms. The second-order valence-corrected chi connectivity index (χ2v) is 7.47. The van der Waals surface area contributed by atoms with Gasteiger partial charge in [0.1, 0.15) is 0 Å². The van der Waals surface area contributed by atoms with E-state index >= 15 is 0 Å². The summed E-state index contributed by atoms with van der Waals surface area (Å²) in [6.07, 6.45) is 1.26. The minimum absolute atomic E-state index is 0.0593. The first-order valence-electron chi connectivity index (χ1n) is 10.2. The van der Waals surface area contributed by atoms with Crippen molar-refractivity contribution >= 4 is 28.4 Å². The van der Waals surface area contributed by atoms with Crippen LogP contribution in [0.25, 0.3) is 10.9 Å². The number of benzene rings is 2. The van der Waals surface area contributed by atoms with Crippen molar-refractivity contribution < 1.29 is 9.59 Å². The van der Waals surface area contributed by atoms with Crippen molar-refractivity contribution in [3.8, 4) is 0 Å². The molecule has 1 amide bonds. The zero-order chi connectivity index (χ0) is 20.2. The number of para-hydroxylation sites is 2. The maximum absolute atomic E-state index is 12.6. The van der Waals surface area contributed by atoms with Crippen LogP contribution in [0.1, 0.15) is 29.8 Å². The van der Waals surface area contributed by atoms with Gasteiger partial charge in [-0.1, -0.05) is 36.4 Å². The molecule has 3 aromatic rings. The first-order chi connectivity index (χ1) is 14.1. The summed E-state index contributed by atoms with van der Waals surface area (Å²) in [6.45, 7) is 5.04. The van der Waals surface area contributed by atoms with Gasteiger partial charge in [0.15, 0.2) is 0 Å². The van der Waals surface area contributed by atoms with Crippen LogP contribution in [0.4, 0.5) is 5.69 Å². The van der Waals surface area contributed by atoms with Gasteiger partial charge < -0.3 is 9.80 Å². The number of rotatable bonds is 5. The van der Waals surface area contributed by atoms with Gasteiger partial charge in [0, 0.05) is 50.1 Å². The number of nitrogens with zero attached hydrogens (tertiary/aromatic N) is 4. The Morgan fingerprint density at radius 2 is 1.52 bits per heavy atom. The number of anilines is 1. The molecule has 1 fully saturated rings. The lowest BCUT2D eigenvalue weighted by molar-refractivity contribution is -0.131. The van der Waals surface area contributed by atoms with Crippen LogP contribution in [0.3, 0.4) is 0 Å². The number of hydrogen-bond acceptors (Lipinski definition) is 4. The molecule has 0 spiro atoms. The summed E-state index contributed by atoms with van der Waals surface area (Å²) >= 11 is 0. The lowest BCUT2D eigenvalue weighted by Gasteiger charge is -2.36. The Morgan fingerprint density at radius 3 is 2.28 bits per heavy atom. The van der Waals surface area contributed by atoms with Crippen molar-refractivity contribution in [1.82, 2.24) is 14.7 Å². The topological polar surface area (TPSA) is 58.4 Å².